The number of anilines is 2. The van der Waals surface area contributed by atoms with Crippen molar-refractivity contribution in [3.8, 4) is 22.9 Å². The fourth-order valence-electron chi connectivity index (χ4n) is 6.16. The van der Waals surface area contributed by atoms with Gasteiger partial charge in [-0.15, -0.1) is 0 Å². The Labute approximate surface area is 264 Å². The molecule has 4 aliphatic rings. The third-order valence-corrected chi connectivity index (χ3v) is 8.58. The predicted octanol–water partition coefficient (Wildman–Crippen LogP) is 6.46. The van der Waals surface area contributed by atoms with E-state index < -0.39 is 0 Å². The fourth-order valence-corrected chi connectivity index (χ4v) is 6.16. The molecule has 2 aliphatic heterocycles. The molecule has 2 aromatic rings. The van der Waals surface area contributed by atoms with Crippen LogP contribution in [0.5, 0.6) is 0 Å². The maximum absolute atomic E-state index is 6.49. The van der Waals surface area contributed by atoms with Crippen LogP contribution < -0.4 is 30.5 Å². The Morgan fingerprint density at radius 3 is 1.73 bits per heavy atom. The smallest absolute Gasteiger partial charge is 0.213 e. The third-order valence-electron chi connectivity index (χ3n) is 8.58. The van der Waals surface area contributed by atoms with Crippen molar-refractivity contribution in [1.29, 1.82) is 0 Å². The zero-order valence-corrected chi connectivity index (χ0v) is 27.5. The van der Waals surface area contributed by atoms with E-state index >= 15 is 0 Å². The van der Waals surface area contributed by atoms with E-state index in [2.05, 4.69) is 123 Å². The average Bonchev–Trinajstić information content (AvgIpc) is 3.03. The molecule has 45 heavy (non-hydrogen) atoms. The Bertz CT molecular complexity index is 2100. The number of aryl methyl sites for hydroxylation is 2. The number of hydrogen-bond donors (Lipinski definition) is 2. The highest BCUT2D eigenvalue weighted by atomic mass is 16.3. The zero-order chi connectivity index (χ0) is 31.7. The van der Waals surface area contributed by atoms with Crippen LogP contribution in [0.15, 0.2) is 63.4 Å². The highest BCUT2D eigenvalue weighted by Gasteiger charge is 2.21. The number of nitrogens with one attached hydrogen (secondary N) is 2. The second kappa shape index (κ2) is 12.7. The van der Waals surface area contributed by atoms with E-state index in [9.17, 15) is 0 Å². The number of nitrogens with zero attached hydrogens (tertiary/aromatic N) is 4. The van der Waals surface area contributed by atoms with Gasteiger partial charge in [-0.1, -0.05) is 0 Å². The molecule has 2 aromatic carbocycles. The maximum Gasteiger partial charge on any atom is 0.213 e. The summed E-state index contributed by atoms with van der Waals surface area (Å²) in [6.07, 6.45) is 0. The van der Waals surface area contributed by atoms with Gasteiger partial charge in [0.2, 0.25) is 10.7 Å². The monoisotopic (exact) mass is 604 g/mol. The Balaban J connectivity index is 1.51. The van der Waals surface area contributed by atoms with Gasteiger partial charge in [0, 0.05) is 42.7 Å². The van der Waals surface area contributed by atoms with Crippen LogP contribution in [0, 0.1) is 13.8 Å². The summed E-state index contributed by atoms with van der Waals surface area (Å²) in [4.78, 5) is 9.99. The molecule has 0 bridgehead atoms. The molecule has 0 saturated heterocycles. The van der Waals surface area contributed by atoms with Crippen LogP contribution in [0.25, 0.3) is 45.1 Å². The van der Waals surface area contributed by atoms with Gasteiger partial charge < -0.3 is 19.5 Å². The quantitative estimate of drug-likeness (QED) is 0.146. The number of hydrogen-bond acceptors (Lipinski definition) is 6. The zero-order valence-electron chi connectivity index (χ0n) is 27.5. The normalized spacial score (nSPS) is 12.3. The molecule has 8 heteroatoms. The molecule has 2 aliphatic carbocycles. The van der Waals surface area contributed by atoms with Crippen LogP contribution in [0.1, 0.15) is 51.3 Å². The van der Waals surface area contributed by atoms with Crippen LogP contribution in [0.3, 0.4) is 0 Å². The van der Waals surface area contributed by atoms with Crippen LogP contribution in [-0.4, -0.2) is 42.7 Å². The first-order valence-electron chi connectivity index (χ1n) is 16.2. The molecule has 0 radical (unpaired) electrons. The Kier molecular flexibility index (Phi) is 8.57. The van der Waals surface area contributed by atoms with E-state index in [1.54, 1.807) is 0 Å². The van der Waals surface area contributed by atoms with Gasteiger partial charge in [-0.2, -0.15) is 0 Å². The molecule has 2 heterocycles. The maximum atomic E-state index is 6.49. The summed E-state index contributed by atoms with van der Waals surface area (Å²) < 4.78 is 17.7. The minimum atomic E-state index is 0.715. The molecule has 232 valence electrons. The van der Waals surface area contributed by atoms with Crippen LogP contribution >= 0.6 is 0 Å². The Morgan fingerprint density at radius 1 is 0.622 bits per heavy atom. The topological polar surface area (TPSA) is 82.1 Å². The molecule has 0 saturated carbocycles. The second-order valence-electron chi connectivity index (χ2n) is 11.5. The molecule has 8 nitrogen and oxygen atoms in total. The van der Waals surface area contributed by atoms with Gasteiger partial charge in [-0.25, -0.2) is 19.1 Å². The molecule has 2 N–H and O–H groups in total. The summed E-state index contributed by atoms with van der Waals surface area (Å²) in [6.45, 7) is 20.0. The number of benzene rings is 4. The predicted molar refractivity (Wildman–Crippen MR) is 185 cm³/mol. The highest BCUT2D eigenvalue weighted by molar-refractivity contribution is 5.82. The van der Waals surface area contributed by atoms with Crippen molar-refractivity contribution in [2.75, 3.05) is 43.4 Å². The molecule has 0 fully saturated rings. The Hall–Kier alpha value is -4.72. The van der Waals surface area contributed by atoms with Crippen molar-refractivity contribution in [2.45, 2.75) is 55.0 Å². The minimum absolute atomic E-state index is 0.715. The van der Waals surface area contributed by atoms with E-state index in [1.165, 1.54) is 10.9 Å². The Morgan fingerprint density at radius 2 is 1.18 bits per heavy atom. The van der Waals surface area contributed by atoms with Crippen LogP contribution in [0.2, 0.25) is 0 Å². The third kappa shape index (κ3) is 5.89. The van der Waals surface area contributed by atoms with Crippen LogP contribution in [0.4, 0.5) is 11.4 Å². The lowest BCUT2D eigenvalue weighted by molar-refractivity contribution is 0.562. The highest BCUT2D eigenvalue weighted by Crippen LogP contribution is 2.30. The van der Waals surface area contributed by atoms with E-state index in [0.717, 1.165) is 106 Å². The molecular weight excluding hydrogens is 560 g/mol. The standard InChI is InChI=1S/C37H42N6O2/c1-8-38-28-19-35-30(15-23(28)6)40-27-14-13-26(18-34(27)44-35)43(12-5)22-25-17-32-37(21-33(25)42(10-3)11-4)45-36-20-29(39-9-2)24(7)16-31(36)41-32/h13-21H,8-12,22H2,1-7H3/p+2. The minimum Gasteiger partial charge on any atom is -0.452 e. The van der Waals surface area contributed by atoms with Gasteiger partial charge in [0.25, 0.3) is 0 Å². The SMILES string of the molecule is CCNc1cc2oc3cc(=[N+](CC)Cc4cc5nc6cc(C)c(NCC)cc6oc-5cc4=[N+](CC)CC)ccc-3nc2cc1C. The summed E-state index contributed by atoms with van der Waals surface area (Å²) in [7, 11) is 0. The summed E-state index contributed by atoms with van der Waals surface area (Å²) in [5.41, 5.74) is 10.6. The lowest BCUT2D eigenvalue weighted by Crippen LogP contribution is -2.37. The first-order valence-corrected chi connectivity index (χ1v) is 16.2. The van der Waals surface area contributed by atoms with Crippen molar-refractivity contribution < 1.29 is 8.83 Å². The summed E-state index contributed by atoms with van der Waals surface area (Å²) in [6, 6.07) is 19.0. The van der Waals surface area contributed by atoms with E-state index in [4.69, 9.17) is 18.8 Å². The van der Waals surface area contributed by atoms with Gasteiger partial charge in [-0.05, 0) is 83.9 Å². The van der Waals surface area contributed by atoms with Crippen molar-refractivity contribution in [1.82, 2.24) is 19.1 Å². The number of rotatable bonds is 9. The van der Waals surface area contributed by atoms with Gasteiger partial charge in [0.1, 0.15) is 42.1 Å². The van der Waals surface area contributed by atoms with Gasteiger partial charge in [-0.3, -0.25) is 0 Å². The summed E-state index contributed by atoms with van der Waals surface area (Å²) in [5.74, 6) is 1.56. The van der Waals surface area contributed by atoms with Crippen LogP contribution in [-0.2, 0) is 6.54 Å². The van der Waals surface area contributed by atoms with Crippen molar-refractivity contribution in [3.63, 3.8) is 0 Å². The van der Waals surface area contributed by atoms with E-state index in [1.807, 2.05) is 0 Å². The van der Waals surface area contributed by atoms with Crippen molar-refractivity contribution in [3.05, 3.63) is 82.0 Å². The van der Waals surface area contributed by atoms with E-state index in [0.29, 0.717) is 6.54 Å². The molecule has 0 unspecified atom stereocenters. The molecule has 0 spiro atoms. The van der Waals surface area contributed by atoms with Crippen molar-refractivity contribution >= 4 is 33.6 Å². The molecule has 0 aromatic heterocycles. The van der Waals surface area contributed by atoms with E-state index in [-0.39, 0.29) is 0 Å². The molecular formula is C37H44N6O2+2. The largest absolute Gasteiger partial charge is 0.452 e. The first kappa shape index (κ1) is 30.3. The van der Waals surface area contributed by atoms with Gasteiger partial charge in [0.05, 0.1) is 17.7 Å². The van der Waals surface area contributed by atoms with Gasteiger partial charge in [0.15, 0.2) is 29.2 Å². The lowest BCUT2D eigenvalue weighted by Gasteiger charge is -2.12. The lowest BCUT2D eigenvalue weighted by atomic mass is 10.1. The summed E-state index contributed by atoms with van der Waals surface area (Å²) in [5, 5.41) is 9.11. The second-order valence-corrected chi connectivity index (χ2v) is 11.5. The summed E-state index contributed by atoms with van der Waals surface area (Å²) >= 11 is 0. The first-order chi connectivity index (χ1) is 21.8. The van der Waals surface area contributed by atoms with Crippen molar-refractivity contribution in [2.24, 2.45) is 0 Å². The fraction of sp³-hybridized carbons (Fsp3) is 0.351. The average molecular weight is 605 g/mol. The number of aromatic nitrogens is 2. The molecule has 0 atom stereocenters. The molecule has 6 rings (SSSR count). The van der Waals surface area contributed by atoms with Gasteiger partial charge >= 0.3 is 0 Å². The number of fused-ring (bicyclic) bond motifs is 4. The molecule has 0 amide bonds.